The van der Waals surface area contributed by atoms with Crippen molar-refractivity contribution in [3.63, 3.8) is 0 Å². The van der Waals surface area contributed by atoms with Crippen LogP contribution in [-0.4, -0.2) is 23.4 Å². The van der Waals surface area contributed by atoms with Crippen LogP contribution in [0.5, 0.6) is 0 Å². The summed E-state index contributed by atoms with van der Waals surface area (Å²) in [6.45, 7) is 1.79. The van der Waals surface area contributed by atoms with E-state index in [4.69, 9.17) is 15.9 Å². The molecule has 2 atom stereocenters. The normalized spacial score (nSPS) is 38.6. The van der Waals surface area contributed by atoms with Crippen LogP contribution < -0.4 is 11.1 Å². The van der Waals surface area contributed by atoms with Crippen LogP contribution in [0.2, 0.25) is 0 Å². The van der Waals surface area contributed by atoms with E-state index in [2.05, 4.69) is 5.32 Å². The monoisotopic (exact) mass is 277 g/mol. The molecule has 0 aromatic carbocycles. The number of ether oxygens (including phenoxy) is 1. The second-order valence-electron chi connectivity index (χ2n) is 6.76. The first-order valence-electron chi connectivity index (χ1n) is 7.47. The zero-order valence-corrected chi connectivity index (χ0v) is 11.9. The summed E-state index contributed by atoms with van der Waals surface area (Å²) in [4.78, 5) is 11.9. The minimum absolute atomic E-state index is 0.0563. The molecule has 4 aliphatic carbocycles. The van der Waals surface area contributed by atoms with Gasteiger partial charge in [0, 0.05) is 22.9 Å². The van der Waals surface area contributed by atoms with Crippen molar-refractivity contribution < 1.29 is 9.53 Å². The van der Waals surface area contributed by atoms with E-state index < -0.39 is 0 Å². The molecule has 0 aliphatic heterocycles. The van der Waals surface area contributed by atoms with E-state index in [-0.39, 0.29) is 23.7 Å². The van der Waals surface area contributed by atoms with E-state index in [1.807, 2.05) is 0 Å². The van der Waals surface area contributed by atoms with Crippen molar-refractivity contribution in [1.82, 2.24) is 5.32 Å². The van der Waals surface area contributed by atoms with Gasteiger partial charge < -0.3 is 21.2 Å². The van der Waals surface area contributed by atoms with Crippen LogP contribution in [0.15, 0.2) is 11.8 Å². The van der Waals surface area contributed by atoms with Gasteiger partial charge in [-0.05, 0) is 57.4 Å². The summed E-state index contributed by atoms with van der Waals surface area (Å²) < 4.78 is 5.49. The number of amides is 1. The molecule has 4 saturated carbocycles. The zero-order chi connectivity index (χ0) is 14.3. The highest BCUT2D eigenvalue weighted by molar-refractivity contribution is 5.94. The summed E-state index contributed by atoms with van der Waals surface area (Å²) in [7, 11) is 0. The number of alkyl carbamates (subject to hydrolysis) is 1. The summed E-state index contributed by atoms with van der Waals surface area (Å²) >= 11 is 0. The van der Waals surface area contributed by atoms with Crippen molar-refractivity contribution in [3.05, 3.63) is 11.8 Å². The smallest absolute Gasteiger partial charge is 0.407 e. The lowest BCUT2D eigenvalue weighted by Crippen LogP contribution is -2.68. The van der Waals surface area contributed by atoms with Gasteiger partial charge in [-0.15, -0.1) is 0 Å². The Balaban J connectivity index is 1.44. The average Bonchev–Trinajstić information content (AvgIpc) is 2.69. The van der Waals surface area contributed by atoms with Gasteiger partial charge in [0.25, 0.3) is 0 Å². The van der Waals surface area contributed by atoms with E-state index in [0.717, 1.165) is 44.4 Å². The maximum atomic E-state index is 11.9. The van der Waals surface area contributed by atoms with E-state index in [1.54, 1.807) is 13.0 Å². The van der Waals surface area contributed by atoms with Crippen molar-refractivity contribution in [2.75, 3.05) is 0 Å². The molecule has 110 valence electrons. The molecule has 5 nitrogen and oxygen atoms in total. The quantitative estimate of drug-likeness (QED) is 0.689. The van der Waals surface area contributed by atoms with Crippen LogP contribution in [0.25, 0.3) is 0 Å². The number of carbonyl (C=O) groups is 1. The Morgan fingerprint density at radius 2 is 2.10 bits per heavy atom. The predicted molar refractivity (Wildman–Crippen MR) is 76.5 cm³/mol. The van der Waals surface area contributed by atoms with Crippen LogP contribution in [0, 0.1) is 17.2 Å². The molecule has 20 heavy (non-hydrogen) atoms. The van der Waals surface area contributed by atoms with Crippen molar-refractivity contribution in [2.45, 2.75) is 57.1 Å². The molecule has 4 rings (SSSR count). The second kappa shape index (κ2) is 4.79. The third kappa shape index (κ3) is 2.53. The van der Waals surface area contributed by atoms with E-state index in [1.165, 1.54) is 0 Å². The zero-order valence-electron chi connectivity index (χ0n) is 11.9. The van der Waals surface area contributed by atoms with E-state index in [0.29, 0.717) is 11.4 Å². The highest BCUT2D eigenvalue weighted by atomic mass is 16.6. The first-order valence-corrected chi connectivity index (χ1v) is 7.47. The fourth-order valence-corrected chi connectivity index (χ4v) is 3.72. The molecule has 0 heterocycles. The molecule has 0 saturated heterocycles. The molecule has 5 heteroatoms. The third-order valence-corrected chi connectivity index (χ3v) is 4.89. The Bertz CT molecular complexity index is 451. The third-order valence-electron chi connectivity index (χ3n) is 4.89. The largest absolute Gasteiger partial charge is 0.446 e. The molecule has 1 amide bonds. The van der Waals surface area contributed by atoms with Crippen LogP contribution in [-0.2, 0) is 4.74 Å². The van der Waals surface area contributed by atoms with Crippen LogP contribution >= 0.6 is 0 Å². The second-order valence-corrected chi connectivity index (χ2v) is 6.76. The van der Waals surface area contributed by atoms with Gasteiger partial charge in [-0.1, -0.05) is 0 Å². The number of hydrogen-bond acceptors (Lipinski definition) is 4. The Kier molecular flexibility index (Phi) is 3.22. The SMILES string of the molecule is C/C(N)=C/C(=N)[C@H]1CC[C@@H](OC(=O)NC23CC(C2)C3)C1. The number of nitrogens with two attached hydrogens (primary N) is 1. The molecular formula is C15H23N3O2. The van der Waals surface area contributed by atoms with E-state index in [9.17, 15) is 4.79 Å². The minimum atomic E-state index is -0.272. The average molecular weight is 277 g/mol. The maximum absolute atomic E-state index is 11.9. The molecule has 4 N–H and O–H groups in total. The highest BCUT2D eigenvalue weighted by Gasteiger charge is 2.57. The van der Waals surface area contributed by atoms with Crippen molar-refractivity contribution in [2.24, 2.45) is 17.6 Å². The first-order chi connectivity index (χ1) is 9.46. The topological polar surface area (TPSA) is 88.2 Å². The number of rotatable bonds is 4. The number of carbonyl (C=O) groups excluding carboxylic acids is 1. The minimum Gasteiger partial charge on any atom is -0.446 e. The van der Waals surface area contributed by atoms with Gasteiger partial charge in [-0.25, -0.2) is 4.79 Å². The Hall–Kier alpha value is -1.52. The number of nitrogens with one attached hydrogen (secondary N) is 2. The van der Waals surface area contributed by atoms with Crippen LogP contribution in [0.3, 0.4) is 0 Å². The van der Waals surface area contributed by atoms with Gasteiger partial charge in [0.15, 0.2) is 0 Å². The van der Waals surface area contributed by atoms with Crippen LogP contribution in [0.1, 0.15) is 45.4 Å². The van der Waals surface area contributed by atoms with Gasteiger partial charge >= 0.3 is 6.09 Å². The summed E-state index contributed by atoms with van der Waals surface area (Å²) in [5.41, 5.74) is 6.88. The lowest BCUT2D eigenvalue weighted by molar-refractivity contribution is -0.0506. The molecule has 0 unspecified atom stereocenters. The fourth-order valence-electron chi connectivity index (χ4n) is 3.72. The fraction of sp³-hybridized carbons (Fsp3) is 0.733. The summed E-state index contributed by atoms with van der Waals surface area (Å²) in [5, 5.41) is 11.0. The standard InChI is InChI=1S/C15H23N3O2/c1-9(16)4-13(17)11-2-3-12(5-11)20-14(19)18-15-6-10(7-15)8-15/h4,10-12,17H,2-3,5-8,16H2,1H3,(H,18,19)/b9-4-,17-13?/t10?,11-,12+,15?/m0/s1. The summed E-state index contributed by atoms with van der Waals surface area (Å²) in [5.74, 6) is 1.01. The molecule has 2 bridgehead atoms. The molecule has 4 aliphatic rings. The van der Waals surface area contributed by atoms with Gasteiger partial charge in [0.1, 0.15) is 6.10 Å². The van der Waals surface area contributed by atoms with Crippen molar-refractivity contribution in [1.29, 1.82) is 5.41 Å². The van der Waals surface area contributed by atoms with Gasteiger partial charge in [-0.3, -0.25) is 0 Å². The lowest BCUT2D eigenvalue weighted by Gasteiger charge is -2.61. The number of allylic oxidation sites excluding steroid dienone is 2. The first kappa shape index (κ1) is 13.5. The maximum Gasteiger partial charge on any atom is 0.407 e. The Morgan fingerprint density at radius 3 is 2.65 bits per heavy atom. The van der Waals surface area contributed by atoms with Crippen molar-refractivity contribution in [3.8, 4) is 0 Å². The highest BCUT2D eigenvalue weighted by Crippen LogP contribution is 2.56. The molecule has 0 radical (unpaired) electrons. The van der Waals surface area contributed by atoms with Gasteiger partial charge in [0.2, 0.25) is 0 Å². The molecular weight excluding hydrogens is 254 g/mol. The lowest BCUT2D eigenvalue weighted by atomic mass is 9.50. The van der Waals surface area contributed by atoms with Gasteiger partial charge in [0.05, 0.1) is 0 Å². The predicted octanol–water partition coefficient (Wildman–Crippen LogP) is 2.32. The number of hydrogen-bond donors (Lipinski definition) is 3. The Morgan fingerprint density at radius 1 is 1.40 bits per heavy atom. The Labute approximate surface area is 119 Å². The van der Waals surface area contributed by atoms with Crippen LogP contribution in [0.4, 0.5) is 4.79 Å². The van der Waals surface area contributed by atoms with E-state index >= 15 is 0 Å². The summed E-state index contributed by atoms with van der Waals surface area (Å²) in [6.07, 6.45) is 7.23. The molecule has 0 aromatic rings. The molecule has 0 aromatic heterocycles. The molecule has 0 spiro atoms. The van der Waals surface area contributed by atoms with Gasteiger partial charge in [-0.2, -0.15) is 0 Å². The van der Waals surface area contributed by atoms with Crippen molar-refractivity contribution >= 4 is 11.8 Å². The molecule has 4 fully saturated rings. The summed E-state index contributed by atoms with van der Waals surface area (Å²) in [6, 6.07) is 0.